The van der Waals surface area contributed by atoms with Gasteiger partial charge in [-0.2, -0.15) is 0 Å². The maximum atomic E-state index is 11.3. The molecule has 0 N–H and O–H groups in total. The molecule has 2 atom stereocenters. The number of carbonyl (C=O) groups is 1. The van der Waals surface area contributed by atoms with E-state index in [-0.39, 0.29) is 5.92 Å². The van der Waals surface area contributed by atoms with E-state index in [0.717, 1.165) is 31.6 Å². The molecule has 0 aliphatic heterocycles. The normalized spacial score (nSPS) is 31.9. The Hall–Kier alpha value is -0.590. The van der Waals surface area contributed by atoms with Crippen LogP contribution in [0.3, 0.4) is 0 Å². The quantitative estimate of drug-likeness (QED) is 0.556. The first-order chi connectivity index (χ1) is 5.24. The molecule has 0 aromatic rings. The molecule has 1 nitrogen and oxygen atoms in total. The lowest BCUT2D eigenvalue weighted by Crippen LogP contribution is -2.22. The van der Waals surface area contributed by atoms with Gasteiger partial charge >= 0.3 is 0 Å². The first-order valence-electron chi connectivity index (χ1n) is 4.37. The van der Waals surface area contributed by atoms with Crippen molar-refractivity contribution in [3.63, 3.8) is 0 Å². The molecule has 1 saturated carbocycles. The van der Waals surface area contributed by atoms with E-state index in [1.807, 2.05) is 6.08 Å². The van der Waals surface area contributed by atoms with E-state index in [2.05, 4.69) is 13.5 Å². The van der Waals surface area contributed by atoms with Crippen LogP contribution in [0.5, 0.6) is 0 Å². The van der Waals surface area contributed by atoms with E-state index in [0.29, 0.717) is 5.78 Å². The summed E-state index contributed by atoms with van der Waals surface area (Å²) in [4.78, 5) is 11.3. The third-order valence-electron chi connectivity index (χ3n) is 2.48. The van der Waals surface area contributed by atoms with Crippen molar-refractivity contribution in [2.75, 3.05) is 0 Å². The van der Waals surface area contributed by atoms with Crippen molar-refractivity contribution in [2.24, 2.45) is 11.8 Å². The zero-order valence-corrected chi connectivity index (χ0v) is 7.18. The van der Waals surface area contributed by atoms with Gasteiger partial charge in [0.15, 0.2) is 0 Å². The Labute approximate surface area is 68.5 Å². The predicted octanol–water partition coefficient (Wildman–Crippen LogP) is 2.57. The van der Waals surface area contributed by atoms with Crippen LogP contribution < -0.4 is 0 Å². The van der Waals surface area contributed by atoms with Crippen LogP contribution in [0.4, 0.5) is 0 Å². The van der Waals surface area contributed by atoms with Crippen LogP contribution in [0.15, 0.2) is 12.7 Å². The lowest BCUT2D eigenvalue weighted by molar-refractivity contribution is -0.125. The summed E-state index contributed by atoms with van der Waals surface area (Å²) < 4.78 is 0. The van der Waals surface area contributed by atoms with Gasteiger partial charge in [-0.15, -0.1) is 6.58 Å². The Morgan fingerprint density at radius 3 is 3.09 bits per heavy atom. The van der Waals surface area contributed by atoms with Crippen LogP contribution in [0.25, 0.3) is 0 Å². The highest BCUT2D eigenvalue weighted by atomic mass is 16.1. The van der Waals surface area contributed by atoms with Gasteiger partial charge in [0, 0.05) is 12.3 Å². The first-order valence-corrected chi connectivity index (χ1v) is 4.37. The summed E-state index contributed by atoms with van der Waals surface area (Å²) >= 11 is 0. The molecule has 62 valence electrons. The Balaban J connectivity index is 2.46. The summed E-state index contributed by atoms with van der Waals surface area (Å²) in [7, 11) is 0. The molecule has 1 rings (SSSR count). The van der Waals surface area contributed by atoms with Crippen molar-refractivity contribution in [3.8, 4) is 0 Å². The standard InChI is InChI=1S/C10H16O/c1-3-4-9-7-8(2)5-6-10(9)11/h3,8-9H,1,4-7H2,2H3. The highest BCUT2D eigenvalue weighted by Crippen LogP contribution is 2.27. The van der Waals surface area contributed by atoms with Gasteiger partial charge in [-0.3, -0.25) is 4.79 Å². The smallest absolute Gasteiger partial charge is 0.136 e. The van der Waals surface area contributed by atoms with Crippen LogP contribution in [0.2, 0.25) is 0 Å². The molecule has 1 aliphatic carbocycles. The average molecular weight is 152 g/mol. The van der Waals surface area contributed by atoms with E-state index < -0.39 is 0 Å². The third kappa shape index (κ3) is 2.18. The minimum atomic E-state index is 0.288. The Bertz CT molecular complexity index is 160. The number of Topliss-reactive ketones (excluding diaryl/α,β-unsaturated/α-hetero) is 1. The van der Waals surface area contributed by atoms with Crippen molar-refractivity contribution in [3.05, 3.63) is 12.7 Å². The molecular formula is C10H16O. The average Bonchev–Trinajstić information content (AvgIpc) is 1.98. The van der Waals surface area contributed by atoms with E-state index >= 15 is 0 Å². The second-order valence-corrected chi connectivity index (χ2v) is 3.57. The summed E-state index contributed by atoms with van der Waals surface area (Å²) in [6.45, 7) is 5.89. The van der Waals surface area contributed by atoms with Gasteiger partial charge in [0.2, 0.25) is 0 Å². The molecule has 0 amide bonds. The molecule has 0 radical (unpaired) electrons. The fraction of sp³-hybridized carbons (Fsp3) is 0.700. The van der Waals surface area contributed by atoms with Crippen molar-refractivity contribution >= 4 is 5.78 Å². The van der Waals surface area contributed by atoms with Gasteiger partial charge < -0.3 is 0 Å². The van der Waals surface area contributed by atoms with Crippen molar-refractivity contribution in [1.82, 2.24) is 0 Å². The van der Waals surface area contributed by atoms with Crippen molar-refractivity contribution in [2.45, 2.75) is 32.6 Å². The zero-order chi connectivity index (χ0) is 8.27. The molecule has 0 bridgehead atoms. The molecule has 0 saturated heterocycles. The molecule has 0 spiro atoms. The maximum Gasteiger partial charge on any atom is 0.136 e. The van der Waals surface area contributed by atoms with Crippen LogP contribution in [0, 0.1) is 11.8 Å². The topological polar surface area (TPSA) is 17.1 Å². The summed E-state index contributed by atoms with van der Waals surface area (Å²) in [6.07, 6.45) is 5.70. The van der Waals surface area contributed by atoms with E-state index in [4.69, 9.17) is 0 Å². The highest BCUT2D eigenvalue weighted by Gasteiger charge is 2.24. The number of ketones is 1. The van der Waals surface area contributed by atoms with Crippen molar-refractivity contribution in [1.29, 1.82) is 0 Å². The van der Waals surface area contributed by atoms with Gasteiger partial charge in [0.25, 0.3) is 0 Å². The van der Waals surface area contributed by atoms with Crippen LogP contribution in [-0.2, 0) is 4.79 Å². The number of carbonyl (C=O) groups excluding carboxylic acids is 1. The Kier molecular flexibility index (Phi) is 2.86. The number of rotatable bonds is 2. The largest absolute Gasteiger partial charge is 0.299 e. The molecule has 1 aliphatic rings. The van der Waals surface area contributed by atoms with E-state index in [1.165, 1.54) is 0 Å². The van der Waals surface area contributed by atoms with Gasteiger partial charge in [-0.05, 0) is 25.2 Å². The third-order valence-corrected chi connectivity index (χ3v) is 2.48. The van der Waals surface area contributed by atoms with Crippen molar-refractivity contribution < 1.29 is 4.79 Å². The fourth-order valence-electron chi connectivity index (χ4n) is 1.76. The summed E-state index contributed by atoms with van der Waals surface area (Å²) in [5.41, 5.74) is 0. The molecule has 11 heavy (non-hydrogen) atoms. The molecule has 0 heterocycles. The first kappa shape index (κ1) is 8.51. The fourth-order valence-corrected chi connectivity index (χ4v) is 1.76. The molecule has 0 aromatic carbocycles. The van der Waals surface area contributed by atoms with Crippen LogP contribution >= 0.6 is 0 Å². The SMILES string of the molecule is C=CCC1CC(C)CCC1=O. The van der Waals surface area contributed by atoms with E-state index in [9.17, 15) is 4.79 Å². The number of hydrogen-bond acceptors (Lipinski definition) is 1. The Morgan fingerprint density at radius 2 is 2.45 bits per heavy atom. The number of hydrogen-bond donors (Lipinski definition) is 0. The predicted molar refractivity (Wildman–Crippen MR) is 46.3 cm³/mol. The lowest BCUT2D eigenvalue weighted by atomic mass is 9.80. The summed E-state index contributed by atoms with van der Waals surface area (Å²) in [5, 5.41) is 0. The van der Waals surface area contributed by atoms with Gasteiger partial charge in [0.05, 0.1) is 0 Å². The van der Waals surface area contributed by atoms with Crippen LogP contribution in [-0.4, -0.2) is 5.78 Å². The Morgan fingerprint density at radius 1 is 1.73 bits per heavy atom. The van der Waals surface area contributed by atoms with Gasteiger partial charge in [-0.25, -0.2) is 0 Å². The van der Waals surface area contributed by atoms with Crippen LogP contribution in [0.1, 0.15) is 32.6 Å². The zero-order valence-electron chi connectivity index (χ0n) is 7.18. The van der Waals surface area contributed by atoms with E-state index in [1.54, 1.807) is 0 Å². The highest BCUT2D eigenvalue weighted by molar-refractivity contribution is 5.81. The minimum absolute atomic E-state index is 0.288. The minimum Gasteiger partial charge on any atom is -0.299 e. The monoisotopic (exact) mass is 152 g/mol. The maximum absolute atomic E-state index is 11.3. The molecular weight excluding hydrogens is 136 g/mol. The molecule has 2 unspecified atom stereocenters. The number of allylic oxidation sites excluding steroid dienone is 1. The molecule has 0 aromatic heterocycles. The summed E-state index contributed by atoms with van der Waals surface area (Å²) in [6, 6.07) is 0. The van der Waals surface area contributed by atoms with Gasteiger partial charge in [-0.1, -0.05) is 13.0 Å². The van der Waals surface area contributed by atoms with Gasteiger partial charge in [0.1, 0.15) is 5.78 Å². The molecule has 1 heteroatoms. The second-order valence-electron chi connectivity index (χ2n) is 3.57. The lowest BCUT2D eigenvalue weighted by Gasteiger charge is -2.24. The second kappa shape index (κ2) is 3.70. The molecule has 1 fully saturated rings. The summed E-state index contributed by atoms with van der Waals surface area (Å²) in [5.74, 6) is 1.47.